The molecular weight excluding hydrogens is 447 g/mol. The summed E-state index contributed by atoms with van der Waals surface area (Å²) in [5.41, 5.74) is 2.06. The number of hydrogen-bond acceptors (Lipinski definition) is 3. The van der Waals surface area contributed by atoms with Crippen molar-refractivity contribution < 1.29 is 9.60 Å². The largest absolute Gasteiger partial charge is 0.411 e. The van der Waals surface area contributed by atoms with Crippen LogP contribution in [0.1, 0.15) is 29.0 Å². The molecule has 0 aliphatic rings. The lowest BCUT2D eigenvalue weighted by Crippen LogP contribution is -2.18. The summed E-state index contributed by atoms with van der Waals surface area (Å²) in [6.45, 7) is 0. The van der Waals surface area contributed by atoms with Crippen molar-refractivity contribution in [3.8, 4) is 0 Å². The first kappa shape index (κ1) is 20.3. The molecule has 0 fully saturated rings. The quantitative estimate of drug-likeness (QED) is 0.315. The number of aryl methyl sites for hydroxylation is 1. The molecule has 144 valence electrons. The van der Waals surface area contributed by atoms with Crippen LogP contribution < -0.4 is 5.56 Å². The molecule has 0 aliphatic heterocycles. The predicted molar refractivity (Wildman–Crippen MR) is 112 cm³/mol. The van der Waals surface area contributed by atoms with Gasteiger partial charge in [-0.05, 0) is 41.5 Å². The summed E-state index contributed by atoms with van der Waals surface area (Å²) in [7, 11) is 1.62. The van der Waals surface area contributed by atoms with E-state index in [1.54, 1.807) is 31.4 Å². The fourth-order valence-electron chi connectivity index (χ4n) is 3.06. The zero-order chi connectivity index (χ0) is 20.3. The molecule has 0 bridgehead atoms. The molecule has 0 radical (unpaired) electrons. The molecule has 0 aliphatic carbocycles. The van der Waals surface area contributed by atoms with Crippen LogP contribution in [0.3, 0.4) is 0 Å². The summed E-state index contributed by atoms with van der Waals surface area (Å²) >= 11 is 9.31. The van der Waals surface area contributed by atoms with Gasteiger partial charge in [-0.1, -0.05) is 50.9 Å². The van der Waals surface area contributed by atoms with E-state index in [4.69, 9.17) is 11.6 Å². The second-order valence-electron chi connectivity index (χ2n) is 6.39. The van der Waals surface area contributed by atoms with Crippen molar-refractivity contribution in [3.05, 3.63) is 103 Å². The maximum atomic E-state index is 14.7. The van der Waals surface area contributed by atoms with Crippen LogP contribution in [0.25, 0.3) is 0 Å². The van der Waals surface area contributed by atoms with Crippen LogP contribution in [-0.2, 0) is 7.05 Å². The minimum Gasteiger partial charge on any atom is -0.411 e. The van der Waals surface area contributed by atoms with Gasteiger partial charge in [0.1, 0.15) is 5.82 Å². The van der Waals surface area contributed by atoms with Gasteiger partial charge in [0.05, 0.1) is 5.71 Å². The molecule has 3 rings (SSSR count). The van der Waals surface area contributed by atoms with Crippen molar-refractivity contribution in [1.82, 2.24) is 4.57 Å². The Labute approximate surface area is 175 Å². The molecule has 2 aromatic carbocycles. The molecule has 0 saturated heterocycles. The van der Waals surface area contributed by atoms with E-state index in [-0.39, 0.29) is 12.0 Å². The fourth-order valence-corrected chi connectivity index (χ4v) is 3.48. The maximum absolute atomic E-state index is 14.7. The molecule has 4 nitrogen and oxygen atoms in total. The van der Waals surface area contributed by atoms with E-state index in [9.17, 15) is 14.4 Å². The average Bonchev–Trinajstić information content (AvgIpc) is 2.67. The molecule has 7 heteroatoms. The van der Waals surface area contributed by atoms with E-state index >= 15 is 0 Å². The van der Waals surface area contributed by atoms with Gasteiger partial charge in [-0.15, -0.1) is 0 Å². The Balaban J connectivity index is 2.06. The first-order chi connectivity index (χ1) is 13.4. The lowest BCUT2D eigenvalue weighted by atomic mass is 9.85. The topological polar surface area (TPSA) is 54.6 Å². The van der Waals surface area contributed by atoms with Gasteiger partial charge in [0.2, 0.25) is 5.56 Å². The van der Waals surface area contributed by atoms with Crippen molar-refractivity contribution in [2.24, 2.45) is 12.2 Å². The third kappa shape index (κ3) is 4.51. The molecule has 28 heavy (non-hydrogen) atoms. The minimum absolute atomic E-state index is 0.172. The monoisotopic (exact) mass is 462 g/mol. The molecule has 3 aromatic rings. The van der Waals surface area contributed by atoms with Crippen molar-refractivity contribution in [1.29, 1.82) is 0 Å². The Kier molecular flexibility index (Phi) is 6.31. The minimum atomic E-state index is -0.432. The standard InChI is InChI=1S/C21H17BrClFN2O2/c1-26-12-14(4-9-21(26)27)20(25-28)11-18(13-2-5-15(22)6-3-13)17-8-7-16(23)10-19(17)24/h2-10,12,18,28H,11H2,1H3/b25-20+. The van der Waals surface area contributed by atoms with E-state index in [1.165, 1.54) is 16.7 Å². The zero-order valence-corrected chi connectivity index (χ0v) is 17.3. The van der Waals surface area contributed by atoms with E-state index in [0.29, 0.717) is 21.9 Å². The van der Waals surface area contributed by atoms with E-state index < -0.39 is 11.7 Å². The van der Waals surface area contributed by atoms with Crippen LogP contribution in [0.15, 0.2) is 75.2 Å². The van der Waals surface area contributed by atoms with Crippen molar-refractivity contribution in [3.63, 3.8) is 0 Å². The van der Waals surface area contributed by atoms with Gasteiger partial charge in [-0.2, -0.15) is 0 Å². The highest BCUT2D eigenvalue weighted by molar-refractivity contribution is 9.10. The SMILES string of the molecule is Cn1cc(/C(CC(c2ccc(Br)cc2)c2ccc(Cl)cc2F)=N/O)ccc1=O. The van der Waals surface area contributed by atoms with Crippen LogP contribution >= 0.6 is 27.5 Å². The summed E-state index contributed by atoms with van der Waals surface area (Å²) in [6.07, 6.45) is 1.82. The number of benzene rings is 2. The number of nitrogens with zero attached hydrogens (tertiary/aromatic N) is 2. The molecule has 1 atom stereocenters. The first-order valence-electron chi connectivity index (χ1n) is 8.47. The fraction of sp³-hybridized carbons (Fsp3) is 0.143. The van der Waals surface area contributed by atoms with Crippen molar-refractivity contribution >= 4 is 33.2 Å². The van der Waals surface area contributed by atoms with E-state index in [2.05, 4.69) is 21.1 Å². The summed E-state index contributed by atoms with van der Waals surface area (Å²) in [4.78, 5) is 11.6. The second-order valence-corrected chi connectivity index (χ2v) is 7.74. The average molecular weight is 464 g/mol. The smallest absolute Gasteiger partial charge is 0.250 e. The van der Waals surface area contributed by atoms with Gasteiger partial charge in [0.25, 0.3) is 0 Å². The molecule has 1 heterocycles. The number of oxime groups is 1. The van der Waals surface area contributed by atoms with Crippen molar-refractivity contribution in [2.75, 3.05) is 0 Å². The molecule has 0 spiro atoms. The molecule has 0 amide bonds. The Hall–Kier alpha value is -2.44. The number of rotatable bonds is 5. The number of aromatic nitrogens is 1. The molecule has 1 unspecified atom stereocenters. The van der Waals surface area contributed by atoms with Crippen LogP contribution in [0.5, 0.6) is 0 Å². The zero-order valence-electron chi connectivity index (χ0n) is 14.9. The Morgan fingerprint density at radius 3 is 2.54 bits per heavy atom. The summed E-state index contributed by atoms with van der Waals surface area (Å²) < 4.78 is 17.0. The molecule has 1 N–H and O–H groups in total. The lowest BCUT2D eigenvalue weighted by molar-refractivity contribution is 0.317. The van der Waals surface area contributed by atoms with Gasteiger partial charge in [-0.3, -0.25) is 4.79 Å². The lowest BCUT2D eigenvalue weighted by Gasteiger charge is -2.20. The second kappa shape index (κ2) is 8.71. The predicted octanol–water partition coefficient (Wildman–Crippen LogP) is 5.34. The highest BCUT2D eigenvalue weighted by Crippen LogP contribution is 2.33. The Bertz CT molecular complexity index is 1080. The highest BCUT2D eigenvalue weighted by Gasteiger charge is 2.22. The highest BCUT2D eigenvalue weighted by atomic mass is 79.9. The van der Waals surface area contributed by atoms with E-state index in [0.717, 1.165) is 10.0 Å². The number of hydrogen-bond donors (Lipinski definition) is 1. The van der Waals surface area contributed by atoms with Crippen molar-refractivity contribution in [2.45, 2.75) is 12.3 Å². The Morgan fingerprint density at radius 1 is 1.21 bits per heavy atom. The van der Waals surface area contributed by atoms with E-state index in [1.807, 2.05) is 24.3 Å². The normalized spacial score (nSPS) is 12.8. The van der Waals surface area contributed by atoms with Gasteiger partial charge >= 0.3 is 0 Å². The van der Waals surface area contributed by atoms with Crippen LogP contribution in [0.2, 0.25) is 5.02 Å². The van der Waals surface area contributed by atoms with Gasteiger partial charge in [-0.25, -0.2) is 4.39 Å². The van der Waals surface area contributed by atoms with Crippen LogP contribution in [0, 0.1) is 5.82 Å². The molecule has 0 saturated carbocycles. The molecule has 1 aromatic heterocycles. The summed E-state index contributed by atoms with van der Waals surface area (Å²) in [5, 5.41) is 13.4. The van der Waals surface area contributed by atoms with Gasteiger partial charge < -0.3 is 9.77 Å². The summed E-state index contributed by atoms with van der Waals surface area (Å²) in [5.74, 6) is -0.841. The summed E-state index contributed by atoms with van der Waals surface area (Å²) in [6, 6.07) is 15.1. The third-order valence-corrected chi connectivity index (χ3v) is 5.31. The Morgan fingerprint density at radius 2 is 1.93 bits per heavy atom. The first-order valence-corrected chi connectivity index (χ1v) is 9.64. The van der Waals surface area contributed by atoms with Gasteiger partial charge in [0.15, 0.2) is 0 Å². The number of halogens is 3. The maximum Gasteiger partial charge on any atom is 0.250 e. The number of pyridine rings is 1. The van der Waals surface area contributed by atoms with Crippen LogP contribution in [0.4, 0.5) is 4.39 Å². The molecular formula is C21H17BrClFN2O2. The van der Waals surface area contributed by atoms with Crippen LogP contribution in [-0.4, -0.2) is 15.5 Å². The van der Waals surface area contributed by atoms with Gasteiger partial charge in [0, 0.05) is 46.7 Å². The third-order valence-electron chi connectivity index (χ3n) is 4.55.